The van der Waals surface area contributed by atoms with Crippen LogP contribution in [0.15, 0.2) is 59.1 Å². The first kappa shape index (κ1) is 20.2. The van der Waals surface area contributed by atoms with Gasteiger partial charge in [-0.1, -0.05) is 42.4 Å². The van der Waals surface area contributed by atoms with E-state index in [1.165, 1.54) is 12.1 Å². The Morgan fingerprint density at radius 3 is 2.66 bits per heavy atom. The van der Waals surface area contributed by atoms with Gasteiger partial charge in [-0.2, -0.15) is 4.98 Å². The molecule has 1 unspecified atom stereocenters. The summed E-state index contributed by atoms with van der Waals surface area (Å²) in [7, 11) is 0. The lowest BCUT2D eigenvalue weighted by molar-refractivity contribution is -0.384. The van der Waals surface area contributed by atoms with Gasteiger partial charge in [0, 0.05) is 42.3 Å². The van der Waals surface area contributed by atoms with Gasteiger partial charge in [0.1, 0.15) is 0 Å². The van der Waals surface area contributed by atoms with E-state index in [1.807, 2.05) is 32.0 Å². The van der Waals surface area contributed by atoms with Gasteiger partial charge in [0.25, 0.3) is 11.6 Å². The Kier molecular flexibility index (Phi) is 6.33. The van der Waals surface area contributed by atoms with Crippen molar-refractivity contribution in [2.45, 2.75) is 32.7 Å². The molecule has 0 saturated heterocycles. The van der Waals surface area contributed by atoms with Gasteiger partial charge in [0.05, 0.1) is 4.92 Å². The van der Waals surface area contributed by atoms with E-state index in [2.05, 4.69) is 10.1 Å². The van der Waals surface area contributed by atoms with E-state index < -0.39 is 4.92 Å². The van der Waals surface area contributed by atoms with E-state index in [4.69, 9.17) is 4.52 Å². The van der Waals surface area contributed by atoms with Gasteiger partial charge in [0.2, 0.25) is 11.7 Å². The van der Waals surface area contributed by atoms with E-state index in [1.54, 1.807) is 29.2 Å². The molecular formula is C21H22N4O4. The summed E-state index contributed by atoms with van der Waals surface area (Å²) >= 11 is 0. The van der Waals surface area contributed by atoms with Crippen LogP contribution in [0.5, 0.6) is 0 Å². The number of hydrogen-bond acceptors (Lipinski definition) is 6. The molecule has 1 atom stereocenters. The Hall–Kier alpha value is -3.55. The Balaban J connectivity index is 1.73. The molecule has 3 rings (SSSR count). The lowest BCUT2D eigenvalue weighted by atomic mass is 10.1. The summed E-state index contributed by atoms with van der Waals surface area (Å²) < 4.78 is 5.30. The van der Waals surface area contributed by atoms with Crippen molar-refractivity contribution < 1.29 is 14.2 Å². The number of hydrogen-bond donors (Lipinski definition) is 0. The molecule has 8 heteroatoms. The number of benzene rings is 2. The van der Waals surface area contributed by atoms with E-state index in [-0.39, 0.29) is 23.5 Å². The Labute approximate surface area is 168 Å². The lowest BCUT2D eigenvalue weighted by Crippen LogP contribution is -2.39. The van der Waals surface area contributed by atoms with E-state index >= 15 is 0 Å². The average molecular weight is 394 g/mol. The van der Waals surface area contributed by atoms with Gasteiger partial charge in [-0.15, -0.1) is 0 Å². The van der Waals surface area contributed by atoms with Crippen LogP contribution in [-0.4, -0.2) is 38.5 Å². The topological polar surface area (TPSA) is 102 Å². The summed E-state index contributed by atoms with van der Waals surface area (Å²) in [6, 6.07) is 15.3. The molecule has 0 N–H and O–H groups in total. The minimum atomic E-state index is -0.469. The second kappa shape index (κ2) is 9.09. The quantitative estimate of drug-likeness (QED) is 0.420. The van der Waals surface area contributed by atoms with Gasteiger partial charge in [-0.25, -0.2) is 0 Å². The largest absolute Gasteiger partial charge is 0.339 e. The van der Waals surface area contributed by atoms with Gasteiger partial charge >= 0.3 is 0 Å². The number of non-ortho nitro benzene ring substituents is 1. The van der Waals surface area contributed by atoms with Crippen molar-refractivity contribution in [3.63, 3.8) is 0 Å². The molecule has 0 aliphatic rings. The predicted octanol–water partition coefficient (Wildman–Crippen LogP) is 4.13. The zero-order valence-corrected chi connectivity index (χ0v) is 16.3. The number of nitro benzene ring substituents is 1. The molecule has 1 heterocycles. The van der Waals surface area contributed by atoms with E-state index in [0.717, 1.165) is 6.42 Å². The highest BCUT2D eigenvalue weighted by Crippen LogP contribution is 2.21. The monoisotopic (exact) mass is 394 g/mol. The second-order valence-corrected chi connectivity index (χ2v) is 6.69. The lowest BCUT2D eigenvalue weighted by Gasteiger charge is -2.28. The summed E-state index contributed by atoms with van der Waals surface area (Å²) in [5.74, 6) is 0.618. The van der Waals surface area contributed by atoms with Crippen LogP contribution < -0.4 is 0 Å². The molecule has 150 valence electrons. The molecule has 1 amide bonds. The van der Waals surface area contributed by atoms with Crippen LogP contribution in [0.25, 0.3) is 11.4 Å². The van der Waals surface area contributed by atoms with Crippen LogP contribution in [-0.2, 0) is 6.42 Å². The summed E-state index contributed by atoms with van der Waals surface area (Å²) in [5, 5.41) is 14.9. The van der Waals surface area contributed by atoms with Crippen molar-refractivity contribution in [3.05, 3.63) is 76.2 Å². The van der Waals surface area contributed by atoms with Gasteiger partial charge in [0.15, 0.2) is 0 Å². The molecule has 0 aliphatic carbocycles. The number of nitro groups is 1. The van der Waals surface area contributed by atoms with Crippen molar-refractivity contribution in [3.8, 4) is 11.4 Å². The third-order valence-corrected chi connectivity index (χ3v) is 4.75. The maximum absolute atomic E-state index is 12.9. The fourth-order valence-electron chi connectivity index (χ4n) is 2.94. The summed E-state index contributed by atoms with van der Waals surface area (Å²) in [6.45, 7) is 4.46. The maximum atomic E-state index is 12.9. The fraction of sp³-hybridized carbons (Fsp3) is 0.286. The van der Waals surface area contributed by atoms with Crippen molar-refractivity contribution in [2.24, 2.45) is 0 Å². The molecule has 0 fully saturated rings. The van der Waals surface area contributed by atoms with Crippen LogP contribution in [0, 0.1) is 10.1 Å². The zero-order valence-electron chi connectivity index (χ0n) is 16.3. The average Bonchev–Trinajstić information content (AvgIpc) is 3.23. The normalized spacial score (nSPS) is 11.8. The summed E-state index contributed by atoms with van der Waals surface area (Å²) in [5.41, 5.74) is 1.11. The minimum Gasteiger partial charge on any atom is -0.339 e. The van der Waals surface area contributed by atoms with Crippen LogP contribution in [0.2, 0.25) is 0 Å². The smallest absolute Gasteiger partial charge is 0.270 e. The third-order valence-electron chi connectivity index (χ3n) is 4.75. The molecule has 8 nitrogen and oxygen atoms in total. The molecule has 0 bridgehead atoms. The molecular weight excluding hydrogens is 372 g/mol. The molecule has 2 aromatic carbocycles. The molecule has 29 heavy (non-hydrogen) atoms. The number of carbonyl (C=O) groups excluding carboxylic acids is 1. The first-order valence-electron chi connectivity index (χ1n) is 9.43. The molecule has 0 saturated carbocycles. The van der Waals surface area contributed by atoms with Crippen molar-refractivity contribution in [2.75, 3.05) is 6.54 Å². The van der Waals surface area contributed by atoms with Crippen LogP contribution in [0.1, 0.15) is 36.5 Å². The summed E-state index contributed by atoms with van der Waals surface area (Å²) in [6.07, 6.45) is 1.21. The third kappa shape index (κ3) is 4.84. The Bertz CT molecular complexity index is 987. The highest BCUT2D eigenvalue weighted by Gasteiger charge is 2.21. The molecule has 0 spiro atoms. The minimum absolute atomic E-state index is 0.0368. The van der Waals surface area contributed by atoms with E-state index in [0.29, 0.717) is 30.0 Å². The SMILES string of the molecule is CCC(C)N(CCc1nc(-c2cccc([N+](=O)[O-])c2)no1)C(=O)c1ccccc1. The Morgan fingerprint density at radius 2 is 1.97 bits per heavy atom. The predicted molar refractivity (Wildman–Crippen MR) is 107 cm³/mol. The van der Waals surface area contributed by atoms with Gasteiger partial charge < -0.3 is 9.42 Å². The highest BCUT2D eigenvalue weighted by molar-refractivity contribution is 5.94. The number of rotatable bonds is 8. The second-order valence-electron chi connectivity index (χ2n) is 6.69. The fourth-order valence-corrected chi connectivity index (χ4v) is 2.94. The molecule has 1 aromatic heterocycles. The van der Waals surface area contributed by atoms with Gasteiger partial charge in [-0.3, -0.25) is 14.9 Å². The first-order valence-corrected chi connectivity index (χ1v) is 9.43. The van der Waals surface area contributed by atoms with Crippen LogP contribution >= 0.6 is 0 Å². The number of carbonyl (C=O) groups is 1. The van der Waals surface area contributed by atoms with Crippen LogP contribution in [0.4, 0.5) is 5.69 Å². The van der Waals surface area contributed by atoms with E-state index in [9.17, 15) is 14.9 Å². The van der Waals surface area contributed by atoms with Crippen molar-refractivity contribution >= 4 is 11.6 Å². The number of amides is 1. The standard InChI is InChI=1S/C21H22N4O4/c1-3-15(2)24(21(26)16-8-5-4-6-9-16)13-12-19-22-20(23-29-19)17-10-7-11-18(14-17)25(27)28/h4-11,14-15H,3,12-13H2,1-2H3. The summed E-state index contributed by atoms with van der Waals surface area (Å²) in [4.78, 5) is 29.5. The molecule has 3 aromatic rings. The molecule has 0 radical (unpaired) electrons. The van der Waals surface area contributed by atoms with Crippen molar-refractivity contribution in [1.82, 2.24) is 15.0 Å². The first-order chi connectivity index (χ1) is 14.0. The van der Waals surface area contributed by atoms with Gasteiger partial charge in [-0.05, 0) is 25.5 Å². The van der Waals surface area contributed by atoms with Crippen molar-refractivity contribution in [1.29, 1.82) is 0 Å². The maximum Gasteiger partial charge on any atom is 0.270 e. The van der Waals surface area contributed by atoms with Crippen LogP contribution in [0.3, 0.4) is 0 Å². The number of aromatic nitrogens is 2. The Morgan fingerprint density at radius 1 is 1.21 bits per heavy atom. The highest BCUT2D eigenvalue weighted by atomic mass is 16.6. The zero-order chi connectivity index (χ0) is 20.8. The molecule has 0 aliphatic heterocycles. The number of nitrogens with zero attached hydrogens (tertiary/aromatic N) is 4.